The molecule has 2 rings (SSSR count). The Hall–Kier alpha value is -2.47. The predicted molar refractivity (Wildman–Crippen MR) is 95.6 cm³/mol. The second-order valence-corrected chi connectivity index (χ2v) is 6.25. The van der Waals surface area contributed by atoms with Gasteiger partial charge in [-0.25, -0.2) is 9.97 Å². The van der Waals surface area contributed by atoms with Gasteiger partial charge in [-0.3, -0.25) is 10.3 Å². The molecule has 0 aliphatic heterocycles. The van der Waals surface area contributed by atoms with E-state index in [1.54, 1.807) is 24.4 Å². The van der Waals surface area contributed by atoms with Crippen LogP contribution in [-0.2, 0) is 12.2 Å². The first kappa shape index (κ1) is 17.9. The minimum atomic E-state index is 0.502. The highest BCUT2D eigenvalue weighted by molar-refractivity contribution is 7.98. The van der Waals surface area contributed by atoms with Crippen molar-refractivity contribution in [2.45, 2.75) is 26.0 Å². The lowest BCUT2D eigenvalue weighted by atomic mass is 10.2. The molecule has 0 radical (unpaired) electrons. The summed E-state index contributed by atoms with van der Waals surface area (Å²) in [5.41, 5.74) is 4.26. The molecule has 0 aromatic carbocycles. The van der Waals surface area contributed by atoms with Gasteiger partial charge in [0.1, 0.15) is 0 Å². The molecule has 0 atom stereocenters. The van der Waals surface area contributed by atoms with Crippen molar-refractivity contribution in [3.05, 3.63) is 35.4 Å². The average molecular weight is 346 g/mol. The van der Waals surface area contributed by atoms with Gasteiger partial charge in [0.25, 0.3) is 0 Å². The first-order valence-electron chi connectivity index (χ1n) is 7.69. The predicted octanol–water partition coefficient (Wildman–Crippen LogP) is 1.24. The van der Waals surface area contributed by atoms with E-state index in [-0.39, 0.29) is 0 Å². The number of hydrogen-bond acceptors (Lipinski definition) is 5. The van der Waals surface area contributed by atoms with Gasteiger partial charge in [-0.15, -0.1) is 0 Å². The van der Waals surface area contributed by atoms with Crippen LogP contribution in [0.3, 0.4) is 0 Å². The summed E-state index contributed by atoms with van der Waals surface area (Å²) in [5.74, 6) is 2.23. The number of nitrogens with zero attached hydrogens (tertiary/aromatic N) is 4. The summed E-state index contributed by atoms with van der Waals surface area (Å²) in [6.45, 7) is 5.30. The van der Waals surface area contributed by atoms with Crippen molar-refractivity contribution in [3.63, 3.8) is 0 Å². The summed E-state index contributed by atoms with van der Waals surface area (Å²) < 4.78 is 0. The molecule has 0 fully saturated rings. The maximum atomic E-state index is 8.81. The molecule has 9 heteroatoms. The van der Waals surface area contributed by atoms with Gasteiger partial charge in [-0.05, 0) is 13.8 Å². The Balaban J connectivity index is 1.69. The first-order valence-corrected chi connectivity index (χ1v) is 8.85. The monoisotopic (exact) mass is 346 g/mol. The normalized spacial score (nSPS) is 11.3. The fourth-order valence-corrected chi connectivity index (χ4v) is 2.90. The Morgan fingerprint density at radius 2 is 1.96 bits per heavy atom. The fraction of sp³-hybridized carbons (Fsp3) is 0.467. The van der Waals surface area contributed by atoms with Crippen LogP contribution in [0.1, 0.15) is 22.8 Å². The molecular formula is C15H22N8S. The lowest BCUT2D eigenvalue weighted by Crippen LogP contribution is -2.36. The molecule has 0 saturated heterocycles. The van der Waals surface area contributed by atoms with Crippen molar-refractivity contribution in [2.24, 2.45) is 4.99 Å². The number of nitrogens with one attached hydrogen (secondary N) is 4. The number of hydrogen-bond donors (Lipinski definition) is 4. The highest BCUT2D eigenvalue weighted by Crippen LogP contribution is 2.11. The van der Waals surface area contributed by atoms with Crippen LogP contribution in [0.5, 0.6) is 0 Å². The molecule has 4 N–H and O–H groups in total. The van der Waals surface area contributed by atoms with Crippen LogP contribution in [0.15, 0.2) is 17.6 Å². The van der Waals surface area contributed by atoms with Gasteiger partial charge in [-0.2, -0.15) is 17.0 Å². The number of imidazole rings is 2. The molecule has 0 aliphatic rings. The van der Waals surface area contributed by atoms with Crippen LogP contribution in [0.2, 0.25) is 0 Å². The molecule has 2 aromatic heterocycles. The van der Waals surface area contributed by atoms with Gasteiger partial charge >= 0.3 is 0 Å². The fourth-order valence-electron chi connectivity index (χ4n) is 2.05. The first-order chi connectivity index (χ1) is 11.7. The van der Waals surface area contributed by atoms with Gasteiger partial charge < -0.3 is 15.3 Å². The highest BCUT2D eigenvalue weighted by atomic mass is 32.2. The van der Waals surface area contributed by atoms with E-state index < -0.39 is 0 Å². The molecule has 0 unspecified atom stereocenters. The smallest absolute Gasteiger partial charge is 0.204 e. The van der Waals surface area contributed by atoms with Gasteiger partial charge in [0, 0.05) is 35.9 Å². The topological polar surface area (TPSA) is 118 Å². The number of nitriles is 1. The molecule has 2 aromatic rings. The summed E-state index contributed by atoms with van der Waals surface area (Å²) in [7, 11) is 0. The van der Waals surface area contributed by atoms with E-state index >= 15 is 0 Å². The van der Waals surface area contributed by atoms with E-state index in [0.29, 0.717) is 19.0 Å². The van der Waals surface area contributed by atoms with E-state index in [0.717, 1.165) is 40.7 Å². The Labute approximate surface area is 145 Å². The second-order valence-electron chi connectivity index (χ2n) is 5.14. The largest absolute Gasteiger partial charge is 0.355 e. The molecular weight excluding hydrogens is 324 g/mol. The molecule has 0 amide bonds. The molecule has 0 aliphatic carbocycles. The van der Waals surface area contributed by atoms with E-state index in [4.69, 9.17) is 5.26 Å². The van der Waals surface area contributed by atoms with Crippen molar-refractivity contribution in [2.75, 3.05) is 18.8 Å². The van der Waals surface area contributed by atoms with Crippen molar-refractivity contribution in [1.82, 2.24) is 30.6 Å². The average Bonchev–Trinajstić information content (AvgIpc) is 3.16. The number of aliphatic imine (C=N–C) groups is 1. The van der Waals surface area contributed by atoms with Crippen LogP contribution in [-0.4, -0.2) is 44.7 Å². The molecule has 0 spiro atoms. The highest BCUT2D eigenvalue weighted by Gasteiger charge is 2.03. The third-order valence-corrected chi connectivity index (χ3v) is 4.39. The SMILES string of the molecule is Cc1[nH]cnc1CCN/C(=N/CCSCc1nc[nH]c1C)NC#N. The summed E-state index contributed by atoms with van der Waals surface area (Å²) in [6, 6.07) is 0. The van der Waals surface area contributed by atoms with Crippen molar-refractivity contribution < 1.29 is 0 Å². The summed E-state index contributed by atoms with van der Waals surface area (Å²) in [5, 5.41) is 14.5. The molecule has 128 valence electrons. The van der Waals surface area contributed by atoms with E-state index in [2.05, 4.69) is 35.6 Å². The van der Waals surface area contributed by atoms with Gasteiger partial charge in [-0.1, -0.05) is 0 Å². The molecule has 0 saturated carbocycles. The standard InChI is InChI=1S/C15H22N8S/c1-11-13(22-9-20-11)3-4-17-15(19-8-16)18-5-6-24-7-14-12(2)21-10-23-14/h9-10H,3-7H2,1-2H3,(H,20,22)(H,21,23)(H2,17,18,19). The van der Waals surface area contributed by atoms with E-state index in [1.807, 2.05) is 20.0 Å². The zero-order valence-corrected chi connectivity index (χ0v) is 14.7. The van der Waals surface area contributed by atoms with Crippen molar-refractivity contribution in [3.8, 4) is 6.19 Å². The van der Waals surface area contributed by atoms with Gasteiger partial charge in [0.05, 0.1) is 30.6 Å². The third kappa shape index (κ3) is 5.62. The van der Waals surface area contributed by atoms with E-state index in [1.165, 1.54) is 0 Å². The second kappa shape index (κ2) is 9.62. The zero-order valence-electron chi connectivity index (χ0n) is 13.9. The molecule has 0 bridgehead atoms. The quantitative estimate of drug-likeness (QED) is 0.188. The molecule has 8 nitrogen and oxygen atoms in total. The summed E-state index contributed by atoms with van der Waals surface area (Å²) >= 11 is 1.77. The van der Waals surface area contributed by atoms with Crippen LogP contribution in [0.4, 0.5) is 0 Å². The molecule has 24 heavy (non-hydrogen) atoms. The van der Waals surface area contributed by atoms with Crippen LogP contribution in [0, 0.1) is 25.3 Å². The number of rotatable bonds is 8. The summed E-state index contributed by atoms with van der Waals surface area (Å²) in [6.07, 6.45) is 6.08. The Bertz CT molecular complexity index is 696. The number of H-pyrrole nitrogens is 2. The maximum absolute atomic E-state index is 8.81. The van der Waals surface area contributed by atoms with Crippen LogP contribution in [0.25, 0.3) is 0 Å². The number of aromatic nitrogens is 4. The third-order valence-electron chi connectivity index (χ3n) is 3.44. The maximum Gasteiger partial charge on any atom is 0.204 e. The van der Waals surface area contributed by atoms with Gasteiger partial charge in [0.2, 0.25) is 5.96 Å². The zero-order chi connectivity index (χ0) is 17.2. The number of thioether (sulfide) groups is 1. The Kier molecular flexibility index (Phi) is 7.17. The minimum Gasteiger partial charge on any atom is -0.355 e. The Morgan fingerprint density at radius 3 is 2.58 bits per heavy atom. The lowest BCUT2D eigenvalue weighted by Gasteiger charge is -2.07. The minimum absolute atomic E-state index is 0.502. The number of aryl methyl sites for hydroxylation is 2. The summed E-state index contributed by atoms with van der Waals surface area (Å²) in [4.78, 5) is 19.0. The van der Waals surface area contributed by atoms with Crippen LogP contribution >= 0.6 is 11.8 Å². The molecule has 2 heterocycles. The van der Waals surface area contributed by atoms with Gasteiger partial charge in [0.15, 0.2) is 6.19 Å². The van der Waals surface area contributed by atoms with Crippen molar-refractivity contribution in [1.29, 1.82) is 5.26 Å². The number of guanidine groups is 1. The van der Waals surface area contributed by atoms with Crippen molar-refractivity contribution >= 4 is 17.7 Å². The Morgan fingerprint density at radius 1 is 1.25 bits per heavy atom. The number of aromatic amines is 2. The van der Waals surface area contributed by atoms with E-state index in [9.17, 15) is 0 Å². The lowest BCUT2D eigenvalue weighted by molar-refractivity contribution is 0.818. The van der Waals surface area contributed by atoms with Crippen LogP contribution < -0.4 is 10.6 Å².